The Morgan fingerprint density at radius 1 is 0.962 bits per heavy atom. The molecular weight excluding hydrogens is 376 g/mol. The molecule has 0 N–H and O–H groups in total. The highest BCUT2D eigenvalue weighted by Crippen LogP contribution is 2.24. The first kappa shape index (κ1) is 18.5. The van der Waals surface area contributed by atoms with Gasteiger partial charge in [-0.1, -0.05) is 11.6 Å². The third kappa shape index (κ3) is 4.28. The maximum absolute atomic E-state index is 12.3. The van der Waals surface area contributed by atoms with Crippen LogP contribution in [0, 0.1) is 0 Å². The van der Waals surface area contributed by atoms with Gasteiger partial charge in [-0.15, -0.1) is 0 Å². The van der Waals surface area contributed by atoms with E-state index >= 15 is 0 Å². The number of hydrogen-bond acceptors (Lipinski definition) is 5. The molecule has 2 aromatic carbocycles. The van der Waals surface area contributed by atoms with Crippen molar-refractivity contribution in [3.8, 4) is 5.75 Å². The van der Waals surface area contributed by atoms with Gasteiger partial charge in [-0.25, -0.2) is 0 Å². The maximum Gasteiger partial charge on any atom is 0.339 e. The molecule has 1 aliphatic rings. The number of hydrogen-bond donors (Lipinski definition) is 0. The Hall–Kier alpha value is -2.25. The van der Waals surface area contributed by atoms with Crippen molar-refractivity contribution in [1.82, 2.24) is 4.90 Å². The summed E-state index contributed by atoms with van der Waals surface area (Å²) in [6.45, 7) is 4.41. The minimum atomic E-state index is -3.90. The molecule has 0 radical (unpaired) electrons. The van der Waals surface area contributed by atoms with E-state index in [9.17, 15) is 13.2 Å². The van der Waals surface area contributed by atoms with Crippen molar-refractivity contribution in [2.24, 2.45) is 0 Å². The van der Waals surface area contributed by atoms with Gasteiger partial charge >= 0.3 is 10.1 Å². The Morgan fingerprint density at radius 3 is 2.08 bits per heavy atom. The second-order valence-electron chi connectivity index (χ2n) is 5.98. The van der Waals surface area contributed by atoms with Crippen LogP contribution in [-0.2, 0) is 14.9 Å². The van der Waals surface area contributed by atoms with E-state index < -0.39 is 10.1 Å². The van der Waals surface area contributed by atoms with Crippen molar-refractivity contribution in [2.45, 2.75) is 11.8 Å². The summed E-state index contributed by atoms with van der Waals surface area (Å²) >= 11 is 5.78. The molecule has 8 heteroatoms. The largest absolute Gasteiger partial charge is 0.379 e. The highest BCUT2D eigenvalue weighted by molar-refractivity contribution is 7.87. The normalized spacial score (nSPS) is 15.0. The van der Waals surface area contributed by atoms with Crippen molar-refractivity contribution < 1.29 is 17.4 Å². The highest BCUT2D eigenvalue weighted by Gasteiger charge is 2.20. The van der Waals surface area contributed by atoms with Gasteiger partial charge in [0, 0.05) is 43.8 Å². The fourth-order valence-electron chi connectivity index (χ4n) is 2.77. The molecule has 1 heterocycles. The van der Waals surface area contributed by atoms with Gasteiger partial charge in [0.25, 0.3) is 0 Å². The quantitative estimate of drug-likeness (QED) is 0.746. The van der Waals surface area contributed by atoms with Gasteiger partial charge in [0.1, 0.15) is 10.6 Å². The van der Waals surface area contributed by atoms with Crippen LogP contribution in [0.15, 0.2) is 53.4 Å². The van der Waals surface area contributed by atoms with Crippen LogP contribution in [0.25, 0.3) is 0 Å². The predicted molar refractivity (Wildman–Crippen MR) is 100 cm³/mol. The van der Waals surface area contributed by atoms with Crippen LogP contribution in [0.3, 0.4) is 0 Å². The zero-order valence-corrected chi connectivity index (χ0v) is 15.8. The number of benzene rings is 2. The highest BCUT2D eigenvalue weighted by atomic mass is 35.5. The van der Waals surface area contributed by atoms with E-state index in [1.807, 2.05) is 17.0 Å². The molecular formula is C18H19ClN2O4S. The summed E-state index contributed by atoms with van der Waals surface area (Å²) in [4.78, 5) is 15.4. The fraction of sp³-hybridized carbons (Fsp3) is 0.278. The SMILES string of the molecule is CC(=O)N1CCN(c2ccc(OS(=O)(=O)c3ccc(Cl)cc3)cc2)CC1. The number of carbonyl (C=O) groups is 1. The summed E-state index contributed by atoms with van der Waals surface area (Å²) in [6.07, 6.45) is 0. The van der Waals surface area contributed by atoms with Crippen molar-refractivity contribution in [2.75, 3.05) is 31.1 Å². The van der Waals surface area contributed by atoms with Crippen LogP contribution in [0.5, 0.6) is 5.75 Å². The average Bonchev–Trinajstić information content (AvgIpc) is 2.62. The molecule has 0 atom stereocenters. The number of halogens is 1. The first-order valence-electron chi connectivity index (χ1n) is 8.16. The third-order valence-corrected chi connectivity index (χ3v) is 5.75. The van der Waals surface area contributed by atoms with Gasteiger partial charge in [-0.2, -0.15) is 8.42 Å². The summed E-state index contributed by atoms with van der Waals surface area (Å²) < 4.78 is 29.7. The zero-order valence-electron chi connectivity index (χ0n) is 14.3. The van der Waals surface area contributed by atoms with Crippen molar-refractivity contribution >= 4 is 33.3 Å². The molecule has 3 rings (SSSR count). The lowest BCUT2D eigenvalue weighted by Crippen LogP contribution is -2.48. The molecule has 1 saturated heterocycles. The van der Waals surface area contributed by atoms with Crippen molar-refractivity contribution in [3.05, 3.63) is 53.6 Å². The first-order valence-corrected chi connectivity index (χ1v) is 9.94. The predicted octanol–water partition coefficient (Wildman–Crippen LogP) is 2.78. The minimum absolute atomic E-state index is 0.0475. The molecule has 1 amide bonds. The molecule has 1 aliphatic heterocycles. The van der Waals surface area contributed by atoms with Crippen LogP contribution in [0.4, 0.5) is 5.69 Å². The molecule has 0 saturated carbocycles. The van der Waals surface area contributed by atoms with E-state index in [0.29, 0.717) is 18.1 Å². The lowest BCUT2D eigenvalue weighted by atomic mass is 10.2. The molecule has 0 unspecified atom stereocenters. The Morgan fingerprint density at radius 2 is 1.54 bits per heavy atom. The number of nitrogens with zero attached hydrogens (tertiary/aromatic N) is 2. The number of carbonyl (C=O) groups excluding carboxylic acids is 1. The smallest absolute Gasteiger partial charge is 0.339 e. The average molecular weight is 395 g/mol. The zero-order chi connectivity index (χ0) is 18.7. The summed E-state index contributed by atoms with van der Waals surface area (Å²) in [7, 11) is -3.90. The van der Waals surface area contributed by atoms with Crippen molar-refractivity contribution in [3.63, 3.8) is 0 Å². The molecule has 0 aliphatic carbocycles. The summed E-state index contributed by atoms with van der Waals surface area (Å²) in [5, 5.41) is 0.457. The Bertz CT molecular complexity index is 874. The Labute approximate surface area is 158 Å². The number of amides is 1. The van der Waals surface area contributed by atoms with Crippen molar-refractivity contribution in [1.29, 1.82) is 0 Å². The Balaban J connectivity index is 1.66. The topological polar surface area (TPSA) is 66.9 Å². The molecule has 2 aromatic rings. The molecule has 0 bridgehead atoms. The first-order chi connectivity index (χ1) is 12.3. The van der Waals surface area contributed by atoms with E-state index in [2.05, 4.69) is 4.90 Å². The number of piperazine rings is 1. The standard InChI is InChI=1S/C18H19ClN2O4S/c1-14(22)20-10-12-21(13-11-20)16-4-6-17(7-5-16)25-26(23,24)18-8-2-15(19)3-9-18/h2-9H,10-13H2,1H3. The molecule has 6 nitrogen and oxygen atoms in total. The second kappa shape index (κ2) is 7.55. The lowest BCUT2D eigenvalue weighted by molar-refractivity contribution is -0.129. The minimum Gasteiger partial charge on any atom is -0.379 e. The summed E-state index contributed by atoms with van der Waals surface area (Å²) in [6, 6.07) is 12.7. The molecule has 1 fully saturated rings. The lowest BCUT2D eigenvalue weighted by Gasteiger charge is -2.35. The summed E-state index contributed by atoms with van der Waals surface area (Å²) in [5.74, 6) is 0.326. The molecule has 26 heavy (non-hydrogen) atoms. The monoisotopic (exact) mass is 394 g/mol. The van der Waals surface area contributed by atoms with Crippen LogP contribution in [0.2, 0.25) is 5.02 Å². The summed E-state index contributed by atoms with van der Waals surface area (Å²) in [5.41, 5.74) is 0.962. The Kier molecular flexibility index (Phi) is 5.38. The van der Waals surface area contributed by atoms with E-state index in [-0.39, 0.29) is 16.6 Å². The van der Waals surface area contributed by atoms with Gasteiger partial charge in [-0.3, -0.25) is 4.79 Å². The molecule has 138 valence electrons. The number of anilines is 1. The molecule has 0 spiro atoms. The number of rotatable bonds is 4. The van der Waals surface area contributed by atoms with Gasteiger partial charge in [0.15, 0.2) is 0 Å². The van der Waals surface area contributed by atoms with Gasteiger partial charge in [0.05, 0.1) is 0 Å². The molecule has 0 aromatic heterocycles. The van der Waals surface area contributed by atoms with E-state index in [1.165, 1.54) is 24.3 Å². The second-order valence-corrected chi connectivity index (χ2v) is 7.96. The van der Waals surface area contributed by atoms with Crippen LogP contribution in [0.1, 0.15) is 6.92 Å². The van der Waals surface area contributed by atoms with Crippen LogP contribution >= 0.6 is 11.6 Å². The van der Waals surface area contributed by atoms with Gasteiger partial charge in [-0.05, 0) is 48.5 Å². The van der Waals surface area contributed by atoms with E-state index in [0.717, 1.165) is 18.8 Å². The third-order valence-electron chi connectivity index (χ3n) is 4.24. The van der Waals surface area contributed by atoms with E-state index in [4.69, 9.17) is 15.8 Å². The van der Waals surface area contributed by atoms with Gasteiger partial charge < -0.3 is 14.0 Å². The van der Waals surface area contributed by atoms with Crippen LogP contribution < -0.4 is 9.08 Å². The van der Waals surface area contributed by atoms with Gasteiger partial charge in [0.2, 0.25) is 5.91 Å². The van der Waals surface area contributed by atoms with E-state index in [1.54, 1.807) is 19.1 Å². The maximum atomic E-state index is 12.3. The van der Waals surface area contributed by atoms with Crippen LogP contribution in [-0.4, -0.2) is 45.4 Å². The fourth-order valence-corrected chi connectivity index (χ4v) is 3.82.